The lowest BCUT2D eigenvalue weighted by Crippen LogP contribution is -2.18. The second kappa shape index (κ2) is 8.30. The standard InChI is InChI=1S/C17H23N5O3S2/c1-4-22-14(9-6-7-9)20-21-17(22)26-8-10-11(16(24)25-5-2)13(18)27-12(10)15(23)19-3/h9H,4-8,18H2,1-3H3,(H,19,23). The fraction of sp³-hybridized carbons (Fsp3) is 0.529. The van der Waals surface area contributed by atoms with Crippen LogP contribution in [0.15, 0.2) is 5.16 Å². The first-order valence-electron chi connectivity index (χ1n) is 8.87. The molecule has 146 valence electrons. The first-order chi connectivity index (χ1) is 13.0. The molecule has 2 aromatic rings. The van der Waals surface area contributed by atoms with Crippen LogP contribution in [0.3, 0.4) is 0 Å². The molecule has 0 radical (unpaired) electrons. The van der Waals surface area contributed by atoms with Gasteiger partial charge in [0.15, 0.2) is 5.16 Å². The summed E-state index contributed by atoms with van der Waals surface area (Å²) in [6.45, 7) is 4.81. The van der Waals surface area contributed by atoms with Crippen molar-refractivity contribution in [3.8, 4) is 0 Å². The van der Waals surface area contributed by atoms with Crippen LogP contribution in [0.2, 0.25) is 0 Å². The first kappa shape index (κ1) is 19.7. The number of hydrogen-bond acceptors (Lipinski definition) is 8. The number of nitrogen functional groups attached to an aromatic ring is 1. The molecule has 8 nitrogen and oxygen atoms in total. The number of amides is 1. The number of hydrogen-bond donors (Lipinski definition) is 2. The molecular formula is C17H23N5O3S2. The van der Waals surface area contributed by atoms with Crippen LogP contribution in [0, 0.1) is 0 Å². The number of carbonyl (C=O) groups excluding carboxylic acids is 2. The van der Waals surface area contributed by atoms with Gasteiger partial charge >= 0.3 is 5.97 Å². The van der Waals surface area contributed by atoms with Crippen LogP contribution in [0.4, 0.5) is 5.00 Å². The highest BCUT2D eigenvalue weighted by molar-refractivity contribution is 7.98. The quantitative estimate of drug-likeness (QED) is 0.509. The fourth-order valence-corrected chi connectivity index (χ4v) is 4.98. The van der Waals surface area contributed by atoms with E-state index >= 15 is 0 Å². The Bertz CT molecular complexity index is 857. The summed E-state index contributed by atoms with van der Waals surface area (Å²) >= 11 is 2.55. The van der Waals surface area contributed by atoms with Gasteiger partial charge in [-0.15, -0.1) is 21.5 Å². The van der Waals surface area contributed by atoms with E-state index < -0.39 is 5.97 Å². The van der Waals surface area contributed by atoms with Crippen LogP contribution in [0.25, 0.3) is 0 Å². The molecule has 3 rings (SSSR count). The van der Waals surface area contributed by atoms with E-state index in [9.17, 15) is 9.59 Å². The third-order valence-electron chi connectivity index (χ3n) is 4.30. The molecule has 10 heteroatoms. The lowest BCUT2D eigenvalue weighted by atomic mass is 10.1. The number of esters is 1. The van der Waals surface area contributed by atoms with E-state index in [2.05, 4.69) is 27.0 Å². The van der Waals surface area contributed by atoms with E-state index in [0.717, 1.165) is 41.7 Å². The summed E-state index contributed by atoms with van der Waals surface area (Å²) in [5, 5.41) is 12.3. The molecule has 0 spiro atoms. The van der Waals surface area contributed by atoms with Crippen LogP contribution in [0.1, 0.15) is 64.0 Å². The number of thioether (sulfide) groups is 1. The summed E-state index contributed by atoms with van der Waals surface area (Å²) in [7, 11) is 1.55. The number of nitrogens with one attached hydrogen (secondary N) is 1. The minimum Gasteiger partial charge on any atom is -0.462 e. The van der Waals surface area contributed by atoms with Crippen molar-refractivity contribution >= 4 is 40.0 Å². The van der Waals surface area contributed by atoms with Crippen molar-refractivity contribution in [1.29, 1.82) is 0 Å². The van der Waals surface area contributed by atoms with Crippen LogP contribution in [-0.4, -0.2) is 40.3 Å². The zero-order valence-electron chi connectivity index (χ0n) is 15.6. The highest BCUT2D eigenvalue weighted by atomic mass is 32.2. The molecule has 1 fully saturated rings. The van der Waals surface area contributed by atoms with Gasteiger partial charge in [-0.3, -0.25) is 4.79 Å². The van der Waals surface area contributed by atoms with Crippen LogP contribution >= 0.6 is 23.1 Å². The fourth-order valence-electron chi connectivity index (χ4n) is 2.83. The van der Waals surface area contributed by atoms with Crippen LogP contribution < -0.4 is 11.1 Å². The number of ether oxygens (including phenoxy) is 1. The van der Waals surface area contributed by atoms with Crippen molar-refractivity contribution in [1.82, 2.24) is 20.1 Å². The Kier molecular flexibility index (Phi) is 6.05. The Labute approximate surface area is 165 Å². The van der Waals surface area contributed by atoms with Gasteiger partial charge < -0.3 is 20.4 Å². The number of nitrogens with zero attached hydrogens (tertiary/aromatic N) is 3. The molecule has 0 unspecified atom stereocenters. The summed E-state index contributed by atoms with van der Waals surface area (Å²) in [6.07, 6.45) is 2.30. The average molecular weight is 410 g/mol. The van der Waals surface area contributed by atoms with Gasteiger partial charge in [0.1, 0.15) is 10.8 Å². The molecule has 0 saturated heterocycles. The van der Waals surface area contributed by atoms with Crippen LogP contribution in [0.5, 0.6) is 0 Å². The third-order valence-corrected chi connectivity index (χ3v) is 6.35. The van der Waals surface area contributed by atoms with Crippen molar-refractivity contribution < 1.29 is 14.3 Å². The summed E-state index contributed by atoms with van der Waals surface area (Å²) in [4.78, 5) is 25.1. The monoisotopic (exact) mass is 409 g/mol. The predicted molar refractivity (Wildman–Crippen MR) is 105 cm³/mol. The van der Waals surface area contributed by atoms with Crippen molar-refractivity contribution in [3.63, 3.8) is 0 Å². The number of nitrogens with two attached hydrogens (primary N) is 1. The predicted octanol–water partition coefficient (Wildman–Crippen LogP) is 2.65. The molecular weight excluding hydrogens is 386 g/mol. The molecule has 1 amide bonds. The summed E-state index contributed by atoms with van der Waals surface area (Å²) in [6, 6.07) is 0. The molecule has 1 aliphatic carbocycles. The Morgan fingerprint density at radius 3 is 2.70 bits per heavy atom. The minimum absolute atomic E-state index is 0.241. The van der Waals surface area contributed by atoms with Gasteiger partial charge in [-0.2, -0.15) is 0 Å². The number of rotatable bonds is 8. The van der Waals surface area contributed by atoms with Gasteiger partial charge in [0, 0.05) is 30.8 Å². The Hall–Kier alpha value is -2.07. The third kappa shape index (κ3) is 3.96. The van der Waals surface area contributed by atoms with Crippen molar-refractivity contribution in [2.75, 3.05) is 19.4 Å². The normalized spacial score (nSPS) is 13.6. The molecule has 0 aromatic carbocycles. The Balaban J connectivity index is 1.91. The highest BCUT2D eigenvalue weighted by Crippen LogP contribution is 2.41. The minimum atomic E-state index is -0.507. The zero-order chi connectivity index (χ0) is 19.6. The topological polar surface area (TPSA) is 112 Å². The molecule has 1 saturated carbocycles. The molecule has 0 atom stereocenters. The largest absolute Gasteiger partial charge is 0.462 e. The molecule has 2 aromatic heterocycles. The van der Waals surface area contributed by atoms with Gasteiger partial charge in [-0.25, -0.2) is 4.79 Å². The molecule has 3 N–H and O–H groups in total. The Morgan fingerprint density at radius 1 is 1.37 bits per heavy atom. The number of carbonyl (C=O) groups is 2. The van der Waals surface area contributed by atoms with Crippen molar-refractivity contribution in [2.45, 2.75) is 50.1 Å². The van der Waals surface area contributed by atoms with Gasteiger partial charge in [0.05, 0.1) is 17.0 Å². The van der Waals surface area contributed by atoms with Gasteiger partial charge in [-0.05, 0) is 26.7 Å². The van der Waals surface area contributed by atoms with Gasteiger partial charge in [0.2, 0.25) is 0 Å². The number of thiophene rings is 1. The van der Waals surface area contributed by atoms with E-state index in [0.29, 0.717) is 27.1 Å². The lowest BCUT2D eigenvalue weighted by Gasteiger charge is -2.09. The first-order valence-corrected chi connectivity index (χ1v) is 10.7. The molecule has 1 aliphatic rings. The number of aromatic nitrogens is 3. The SMILES string of the molecule is CCOC(=O)c1c(N)sc(C(=O)NC)c1CSc1nnc(C2CC2)n1CC. The van der Waals surface area contributed by atoms with E-state index in [4.69, 9.17) is 10.5 Å². The van der Waals surface area contributed by atoms with Crippen molar-refractivity contribution in [2.24, 2.45) is 0 Å². The Morgan fingerprint density at radius 2 is 2.11 bits per heavy atom. The van der Waals surface area contributed by atoms with E-state index in [-0.39, 0.29) is 18.1 Å². The van der Waals surface area contributed by atoms with E-state index in [1.165, 1.54) is 11.8 Å². The van der Waals surface area contributed by atoms with E-state index in [1.807, 2.05) is 0 Å². The van der Waals surface area contributed by atoms with Crippen LogP contribution in [-0.2, 0) is 17.0 Å². The maximum Gasteiger partial charge on any atom is 0.341 e. The molecule has 2 heterocycles. The maximum atomic E-state index is 12.4. The zero-order valence-corrected chi connectivity index (χ0v) is 17.2. The highest BCUT2D eigenvalue weighted by Gasteiger charge is 2.31. The molecule has 0 aliphatic heterocycles. The molecule has 27 heavy (non-hydrogen) atoms. The summed E-state index contributed by atoms with van der Waals surface area (Å²) in [5.41, 5.74) is 6.90. The maximum absolute atomic E-state index is 12.4. The second-order valence-corrected chi connectivity index (χ2v) is 8.09. The molecule has 0 bridgehead atoms. The lowest BCUT2D eigenvalue weighted by molar-refractivity contribution is 0.0527. The summed E-state index contributed by atoms with van der Waals surface area (Å²) in [5.74, 6) is 1.12. The number of anilines is 1. The van der Waals surface area contributed by atoms with Crippen molar-refractivity contribution in [3.05, 3.63) is 21.8 Å². The smallest absolute Gasteiger partial charge is 0.341 e. The summed E-state index contributed by atoms with van der Waals surface area (Å²) < 4.78 is 7.23. The van der Waals surface area contributed by atoms with E-state index in [1.54, 1.807) is 14.0 Å². The second-order valence-electron chi connectivity index (χ2n) is 6.10. The van der Waals surface area contributed by atoms with Gasteiger partial charge in [0.25, 0.3) is 5.91 Å². The van der Waals surface area contributed by atoms with Gasteiger partial charge in [-0.1, -0.05) is 11.8 Å². The average Bonchev–Trinajstić information content (AvgIpc) is 3.33.